The fourth-order valence-corrected chi connectivity index (χ4v) is 2.95. The number of piperidine rings is 1. The lowest BCUT2D eigenvalue weighted by atomic mass is 9.93. The van der Waals surface area contributed by atoms with Crippen LogP contribution in [0.25, 0.3) is 11.0 Å². The standard InChI is InChI=1S/C15H20FN3/c1-19-14-4-3-12(16)10-13(14)18-15(19)5-2-11-6-8-17-9-7-11/h3-4,10-11,17H,2,5-9H2,1H3. The molecule has 0 aliphatic carbocycles. The minimum atomic E-state index is -0.212. The molecule has 0 spiro atoms. The van der Waals surface area contributed by atoms with E-state index in [4.69, 9.17) is 0 Å². The first kappa shape index (κ1) is 12.6. The Morgan fingerprint density at radius 1 is 1.37 bits per heavy atom. The lowest BCUT2D eigenvalue weighted by Crippen LogP contribution is -2.28. The summed E-state index contributed by atoms with van der Waals surface area (Å²) in [5.41, 5.74) is 1.78. The van der Waals surface area contributed by atoms with E-state index in [1.807, 2.05) is 13.1 Å². The number of aryl methyl sites for hydroxylation is 2. The van der Waals surface area contributed by atoms with Crippen LogP contribution in [0.5, 0.6) is 0 Å². The van der Waals surface area contributed by atoms with Gasteiger partial charge in [-0.15, -0.1) is 0 Å². The summed E-state index contributed by atoms with van der Waals surface area (Å²) in [7, 11) is 2.02. The Morgan fingerprint density at radius 3 is 2.95 bits per heavy atom. The van der Waals surface area contributed by atoms with Crippen LogP contribution in [0.4, 0.5) is 4.39 Å². The van der Waals surface area contributed by atoms with Gasteiger partial charge in [-0.3, -0.25) is 0 Å². The van der Waals surface area contributed by atoms with Crippen molar-refractivity contribution in [1.29, 1.82) is 0 Å². The number of hydrogen-bond acceptors (Lipinski definition) is 2. The number of halogens is 1. The monoisotopic (exact) mass is 261 g/mol. The normalized spacial score (nSPS) is 17.2. The van der Waals surface area contributed by atoms with Crippen LogP contribution in [-0.2, 0) is 13.5 Å². The van der Waals surface area contributed by atoms with Crippen molar-refractivity contribution in [2.24, 2.45) is 13.0 Å². The van der Waals surface area contributed by atoms with Gasteiger partial charge in [0.25, 0.3) is 0 Å². The van der Waals surface area contributed by atoms with Crippen LogP contribution in [0.15, 0.2) is 18.2 Å². The SMILES string of the molecule is Cn1c(CCC2CCNCC2)nc2cc(F)ccc21. The van der Waals surface area contributed by atoms with E-state index in [1.54, 1.807) is 0 Å². The summed E-state index contributed by atoms with van der Waals surface area (Å²) in [6, 6.07) is 4.83. The number of aromatic nitrogens is 2. The first-order valence-electron chi connectivity index (χ1n) is 7.05. The van der Waals surface area contributed by atoms with Crippen LogP contribution >= 0.6 is 0 Å². The first-order valence-corrected chi connectivity index (χ1v) is 7.05. The first-order chi connectivity index (χ1) is 9.24. The number of fused-ring (bicyclic) bond motifs is 1. The van der Waals surface area contributed by atoms with Crippen LogP contribution in [0, 0.1) is 11.7 Å². The molecule has 0 bridgehead atoms. The van der Waals surface area contributed by atoms with E-state index in [0.717, 1.165) is 42.3 Å². The van der Waals surface area contributed by atoms with Crippen molar-refractivity contribution in [2.75, 3.05) is 13.1 Å². The maximum atomic E-state index is 13.2. The minimum Gasteiger partial charge on any atom is -0.331 e. The highest BCUT2D eigenvalue weighted by atomic mass is 19.1. The maximum Gasteiger partial charge on any atom is 0.125 e. The molecule has 1 aromatic carbocycles. The third-order valence-electron chi connectivity index (χ3n) is 4.17. The molecule has 0 saturated carbocycles. The molecule has 19 heavy (non-hydrogen) atoms. The van der Waals surface area contributed by atoms with Crippen molar-refractivity contribution < 1.29 is 4.39 Å². The van der Waals surface area contributed by atoms with Crippen molar-refractivity contribution in [2.45, 2.75) is 25.7 Å². The highest BCUT2D eigenvalue weighted by molar-refractivity contribution is 5.75. The summed E-state index contributed by atoms with van der Waals surface area (Å²) in [5, 5.41) is 3.39. The lowest BCUT2D eigenvalue weighted by molar-refractivity contribution is 0.351. The Bertz CT molecular complexity index is 570. The zero-order valence-corrected chi connectivity index (χ0v) is 11.3. The van der Waals surface area contributed by atoms with E-state index < -0.39 is 0 Å². The number of nitrogens with one attached hydrogen (secondary N) is 1. The maximum absolute atomic E-state index is 13.2. The smallest absolute Gasteiger partial charge is 0.125 e. The van der Waals surface area contributed by atoms with Gasteiger partial charge >= 0.3 is 0 Å². The molecule has 3 rings (SSSR count). The van der Waals surface area contributed by atoms with E-state index in [0.29, 0.717) is 0 Å². The van der Waals surface area contributed by atoms with E-state index in [9.17, 15) is 4.39 Å². The Morgan fingerprint density at radius 2 is 2.16 bits per heavy atom. The van der Waals surface area contributed by atoms with Crippen molar-refractivity contribution in [3.8, 4) is 0 Å². The predicted molar refractivity (Wildman–Crippen MR) is 74.6 cm³/mol. The summed E-state index contributed by atoms with van der Waals surface area (Å²) in [6.45, 7) is 2.27. The quantitative estimate of drug-likeness (QED) is 0.920. The van der Waals surface area contributed by atoms with Crippen LogP contribution < -0.4 is 5.32 Å². The molecule has 0 atom stereocenters. The zero-order chi connectivity index (χ0) is 13.2. The molecule has 0 amide bonds. The van der Waals surface area contributed by atoms with Crippen molar-refractivity contribution in [1.82, 2.24) is 14.9 Å². The summed E-state index contributed by atoms with van der Waals surface area (Å²) in [4.78, 5) is 4.56. The number of hydrogen-bond donors (Lipinski definition) is 1. The molecule has 1 N–H and O–H groups in total. The Labute approximate surface area is 112 Å². The largest absolute Gasteiger partial charge is 0.331 e. The van der Waals surface area contributed by atoms with Crippen molar-refractivity contribution in [3.05, 3.63) is 29.8 Å². The van der Waals surface area contributed by atoms with Gasteiger partial charge < -0.3 is 9.88 Å². The molecule has 2 aromatic rings. The average molecular weight is 261 g/mol. The third kappa shape index (κ3) is 2.63. The summed E-state index contributed by atoms with van der Waals surface area (Å²) < 4.78 is 15.3. The molecule has 3 nitrogen and oxygen atoms in total. The molecular weight excluding hydrogens is 241 g/mol. The van der Waals surface area contributed by atoms with Gasteiger partial charge in [0.1, 0.15) is 11.6 Å². The second-order valence-electron chi connectivity index (χ2n) is 5.45. The number of nitrogens with zero attached hydrogens (tertiary/aromatic N) is 2. The van der Waals surface area contributed by atoms with Gasteiger partial charge in [-0.2, -0.15) is 0 Å². The van der Waals surface area contributed by atoms with Crippen molar-refractivity contribution in [3.63, 3.8) is 0 Å². The highest BCUT2D eigenvalue weighted by Gasteiger charge is 2.15. The van der Waals surface area contributed by atoms with E-state index in [2.05, 4.69) is 14.9 Å². The van der Waals surface area contributed by atoms with Gasteiger partial charge in [0.05, 0.1) is 11.0 Å². The third-order valence-corrected chi connectivity index (χ3v) is 4.17. The molecule has 1 fully saturated rings. The fraction of sp³-hybridized carbons (Fsp3) is 0.533. The lowest BCUT2D eigenvalue weighted by Gasteiger charge is -2.22. The molecule has 1 aliphatic heterocycles. The number of imidazole rings is 1. The van der Waals surface area contributed by atoms with Crippen LogP contribution in [-0.4, -0.2) is 22.6 Å². The molecule has 1 saturated heterocycles. The summed E-state index contributed by atoms with van der Waals surface area (Å²) in [6.07, 6.45) is 4.69. The van der Waals surface area contributed by atoms with Gasteiger partial charge in [0.15, 0.2) is 0 Å². The van der Waals surface area contributed by atoms with Crippen LogP contribution in [0.1, 0.15) is 25.1 Å². The zero-order valence-electron chi connectivity index (χ0n) is 11.3. The molecule has 0 radical (unpaired) electrons. The van der Waals surface area contributed by atoms with Crippen LogP contribution in [0.2, 0.25) is 0 Å². The van der Waals surface area contributed by atoms with Gasteiger partial charge in [-0.05, 0) is 50.4 Å². The average Bonchev–Trinajstić information content (AvgIpc) is 2.74. The Balaban J connectivity index is 1.75. The molecule has 102 valence electrons. The van der Waals surface area contributed by atoms with Crippen molar-refractivity contribution >= 4 is 11.0 Å². The second-order valence-corrected chi connectivity index (χ2v) is 5.45. The fourth-order valence-electron chi connectivity index (χ4n) is 2.95. The minimum absolute atomic E-state index is 0.212. The molecular formula is C15H20FN3. The molecule has 0 unspecified atom stereocenters. The van der Waals surface area contributed by atoms with E-state index in [1.165, 1.54) is 31.4 Å². The predicted octanol–water partition coefficient (Wildman–Crippen LogP) is 2.64. The second kappa shape index (κ2) is 5.29. The number of rotatable bonds is 3. The van der Waals surface area contributed by atoms with Gasteiger partial charge in [-0.25, -0.2) is 9.37 Å². The van der Waals surface area contributed by atoms with Gasteiger partial charge in [-0.1, -0.05) is 0 Å². The van der Waals surface area contributed by atoms with E-state index >= 15 is 0 Å². The summed E-state index contributed by atoms with van der Waals surface area (Å²) in [5.74, 6) is 1.66. The van der Waals surface area contributed by atoms with Gasteiger partial charge in [0, 0.05) is 19.5 Å². The number of benzene rings is 1. The van der Waals surface area contributed by atoms with E-state index in [-0.39, 0.29) is 5.82 Å². The molecule has 2 heterocycles. The van der Waals surface area contributed by atoms with Gasteiger partial charge in [0.2, 0.25) is 0 Å². The molecule has 1 aromatic heterocycles. The summed E-state index contributed by atoms with van der Waals surface area (Å²) >= 11 is 0. The highest BCUT2D eigenvalue weighted by Crippen LogP contribution is 2.21. The Kier molecular flexibility index (Phi) is 3.51. The molecule has 1 aliphatic rings. The Hall–Kier alpha value is -1.42. The topological polar surface area (TPSA) is 29.9 Å². The molecule has 4 heteroatoms. The van der Waals surface area contributed by atoms with Crippen LogP contribution in [0.3, 0.4) is 0 Å².